The average molecular weight is 246 g/mol. The molecule has 1 aromatic carbocycles. The molecule has 1 fully saturated rings. The third-order valence-electron chi connectivity index (χ3n) is 3.27. The van der Waals surface area contributed by atoms with E-state index in [2.05, 4.69) is 5.32 Å². The predicted octanol–water partition coefficient (Wildman–Crippen LogP) is 1.31. The van der Waals surface area contributed by atoms with Crippen LogP contribution in [-0.2, 0) is 16.1 Å². The minimum Gasteiger partial charge on any atom is -0.343 e. The summed E-state index contributed by atoms with van der Waals surface area (Å²) in [4.78, 5) is 25.7. The Bertz CT molecular complexity index is 444. The number of piperazine rings is 1. The van der Waals surface area contributed by atoms with E-state index in [1.165, 1.54) is 0 Å². The molecule has 1 aromatic rings. The lowest BCUT2D eigenvalue weighted by atomic mass is 10.0. The molecule has 18 heavy (non-hydrogen) atoms. The molecule has 0 bridgehead atoms. The van der Waals surface area contributed by atoms with Gasteiger partial charge < -0.3 is 10.2 Å². The summed E-state index contributed by atoms with van der Waals surface area (Å²) in [6.45, 7) is 4.14. The minimum absolute atomic E-state index is 0.00898. The maximum atomic E-state index is 12.2. The fourth-order valence-electron chi connectivity index (χ4n) is 2.29. The molecule has 0 spiro atoms. The lowest BCUT2D eigenvalue weighted by Gasteiger charge is -2.37. The summed E-state index contributed by atoms with van der Waals surface area (Å²) in [6.07, 6.45) is 0.636. The van der Waals surface area contributed by atoms with Crippen LogP contribution in [0.1, 0.15) is 25.8 Å². The number of carbonyl (C=O) groups is 2. The molecule has 0 aliphatic carbocycles. The molecular formula is C14H18N2O2. The van der Waals surface area contributed by atoms with Crippen LogP contribution in [0.3, 0.4) is 0 Å². The lowest BCUT2D eigenvalue weighted by Crippen LogP contribution is -2.61. The lowest BCUT2D eigenvalue weighted by molar-refractivity contribution is -0.149. The molecule has 4 heteroatoms. The number of rotatable bonds is 3. The monoisotopic (exact) mass is 246 g/mol. The van der Waals surface area contributed by atoms with Crippen molar-refractivity contribution in [3.63, 3.8) is 0 Å². The zero-order valence-electron chi connectivity index (χ0n) is 10.7. The average Bonchev–Trinajstić information content (AvgIpc) is 2.37. The Morgan fingerprint density at radius 3 is 2.50 bits per heavy atom. The zero-order chi connectivity index (χ0) is 13.1. The second-order valence-electron chi connectivity index (χ2n) is 4.61. The van der Waals surface area contributed by atoms with Crippen LogP contribution >= 0.6 is 0 Å². The second-order valence-corrected chi connectivity index (χ2v) is 4.61. The third kappa shape index (κ3) is 2.37. The first kappa shape index (κ1) is 12.6. The Hall–Kier alpha value is -1.84. The van der Waals surface area contributed by atoms with Crippen LogP contribution in [0.4, 0.5) is 0 Å². The third-order valence-corrected chi connectivity index (χ3v) is 3.27. The van der Waals surface area contributed by atoms with Crippen molar-refractivity contribution in [2.45, 2.75) is 38.9 Å². The van der Waals surface area contributed by atoms with Crippen molar-refractivity contribution in [1.29, 1.82) is 0 Å². The highest BCUT2D eigenvalue weighted by Crippen LogP contribution is 2.16. The van der Waals surface area contributed by atoms with E-state index in [4.69, 9.17) is 0 Å². The smallest absolute Gasteiger partial charge is 0.245 e. The van der Waals surface area contributed by atoms with Crippen LogP contribution in [0.5, 0.6) is 0 Å². The number of hydrogen-bond donors (Lipinski definition) is 1. The fraction of sp³-hybridized carbons (Fsp3) is 0.429. The second kappa shape index (κ2) is 5.21. The number of hydrogen-bond acceptors (Lipinski definition) is 2. The van der Waals surface area contributed by atoms with Gasteiger partial charge in [-0.3, -0.25) is 9.59 Å². The Labute approximate surface area is 107 Å². The van der Waals surface area contributed by atoms with Gasteiger partial charge in [0.25, 0.3) is 0 Å². The normalized spacial score (nSPS) is 24.0. The molecule has 4 nitrogen and oxygen atoms in total. The molecule has 2 amide bonds. The Morgan fingerprint density at radius 1 is 1.22 bits per heavy atom. The van der Waals surface area contributed by atoms with Gasteiger partial charge in [0, 0.05) is 6.54 Å². The summed E-state index contributed by atoms with van der Waals surface area (Å²) in [7, 11) is 0. The van der Waals surface area contributed by atoms with E-state index in [-0.39, 0.29) is 17.9 Å². The Morgan fingerprint density at radius 2 is 1.89 bits per heavy atom. The van der Waals surface area contributed by atoms with Crippen LogP contribution in [0.2, 0.25) is 0 Å². The topological polar surface area (TPSA) is 49.4 Å². The highest BCUT2D eigenvalue weighted by atomic mass is 16.2. The molecule has 0 aromatic heterocycles. The number of nitrogens with one attached hydrogen (secondary N) is 1. The van der Waals surface area contributed by atoms with Gasteiger partial charge in [0.05, 0.1) is 0 Å². The summed E-state index contributed by atoms with van der Waals surface area (Å²) in [5, 5.41) is 2.72. The van der Waals surface area contributed by atoms with E-state index < -0.39 is 6.04 Å². The highest BCUT2D eigenvalue weighted by Gasteiger charge is 2.37. The summed E-state index contributed by atoms with van der Waals surface area (Å²) in [6, 6.07) is 8.98. The number of carbonyl (C=O) groups excluding carboxylic acids is 2. The van der Waals surface area contributed by atoms with Crippen molar-refractivity contribution in [3.05, 3.63) is 35.9 Å². The van der Waals surface area contributed by atoms with Crippen molar-refractivity contribution in [2.24, 2.45) is 0 Å². The minimum atomic E-state index is -0.427. The molecule has 1 aliphatic heterocycles. The quantitative estimate of drug-likeness (QED) is 0.874. The van der Waals surface area contributed by atoms with Gasteiger partial charge in [-0.25, -0.2) is 0 Å². The molecule has 0 saturated carbocycles. The summed E-state index contributed by atoms with van der Waals surface area (Å²) in [5.74, 6) is -0.0640. The van der Waals surface area contributed by atoms with E-state index in [9.17, 15) is 9.59 Å². The Balaban J connectivity index is 2.21. The van der Waals surface area contributed by atoms with Crippen LogP contribution in [-0.4, -0.2) is 28.8 Å². The number of benzene rings is 1. The van der Waals surface area contributed by atoms with Crippen LogP contribution < -0.4 is 5.32 Å². The van der Waals surface area contributed by atoms with Gasteiger partial charge in [0.1, 0.15) is 12.1 Å². The van der Waals surface area contributed by atoms with Gasteiger partial charge in [-0.15, -0.1) is 0 Å². The zero-order valence-corrected chi connectivity index (χ0v) is 10.7. The van der Waals surface area contributed by atoms with Crippen LogP contribution in [0.15, 0.2) is 30.3 Å². The molecule has 0 radical (unpaired) electrons. The maximum absolute atomic E-state index is 12.2. The molecular weight excluding hydrogens is 228 g/mol. The number of amides is 2. The molecule has 1 N–H and O–H groups in total. The largest absolute Gasteiger partial charge is 0.343 e. The van der Waals surface area contributed by atoms with Crippen LogP contribution in [0, 0.1) is 0 Å². The molecule has 1 unspecified atom stereocenters. The molecule has 2 rings (SSSR count). The van der Waals surface area contributed by atoms with Crippen molar-refractivity contribution >= 4 is 11.8 Å². The van der Waals surface area contributed by atoms with Gasteiger partial charge in [0.15, 0.2) is 0 Å². The molecule has 1 heterocycles. The first-order valence-corrected chi connectivity index (χ1v) is 6.28. The first-order valence-electron chi connectivity index (χ1n) is 6.28. The van der Waals surface area contributed by atoms with E-state index in [0.29, 0.717) is 13.0 Å². The molecule has 96 valence electrons. The van der Waals surface area contributed by atoms with Crippen molar-refractivity contribution < 1.29 is 9.59 Å². The first-order chi connectivity index (χ1) is 8.63. The summed E-state index contributed by atoms with van der Waals surface area (Å²) in [5.41, 5.74) is 1.05. The van der Waals surface area contributed by atoms with E-state index >= 15 is 0 Å². The predicted molar refractivity (Wildman–Crippen MR) is 68.7 cm³/mol. The standard InChI is InChI=1S/C14H18N2O2/c1-3-12-13(17)15-10(2)14(18)16(12)9-11-7-5-4-6-8-11/h4-8,10,12H,3,9H2,1-2H3,(H,15,17)/t10-,12?/m0/s1. The molecule has 1 saturated heterocycles. The van der Waals surface area contributed by atoms with Gasteiger partial charge in [-0.05, 0) is 18.9 Å². The van der Waals surface area contributed by atoms with Crippen molar-refractivity contribution in [1.82, 2.24) is 10.2 Å². The van der Waals surface area contributed by atoms with Gasteiger partial charge >= 0.3 is 0 Å². The summed E-state index contributed by atoms with van der Waals surface area (Å²) < 4.78 is 0. The van der Waals surface area contributed by atoms with Gasteiger partial charge in [-0.1, -0.05) is 37.3 Å². The van der Waals surface area contributed by atoms with Crippen molar-refractivity contribution in [3.8, 4) is 0 Å². The fourth-order valence-corrected chi connectivity index (χ4v) is 2.29. The SMILES string of the molecule is CCC1C(=O)N[C@@H](C)C(=O)N1Cc1ccccc1. The summed E-state index contributed by atoms with van der Waals surface area (Å²) >= 11 is 0. The highest BCUT2D eigenvalue weighted by molar-refractivity contribution is 5.96. The van der Waals surface area contributed by atoms with Crippen molar-refractivity contribution in [2.75, 3.05) is 0 Å². The van der Waals surface area contributed by atoms with Crippen LogP contribution in [0.25, 0.3) is 0 Å². The van der Waals surface area contributed by atoms with Gasteiger partial charge in [0.2, 0.25) is 11.8 Å². The molecule has 2 atom stereocenters. The van der Waals surface area contributed by atoms with E-state index in [0.717, 1.165) is 5.56 Å². The van der Waals surface area contributed by atoms with E-state index in [1.54, 1.807) is 11.8 Å². The Kier molecular flexibility index (Phi) is 3.65. The van der Waals surface area contributed by atoms with Gasteiger partial charge in [-0.2, -0.15) is 0 Å². The van der Waals surface area contributed by atoms with E-state index in [1.807, 2.05) is 37.3 Å². The number of nitrogens with zero attached hydrogens (tertiary/aromatic N) is 1. The maximum Gasteiger partial charge on any atom is 0.245 e. The molecule has 1 aliphatic rings.